The number of carboxylic acid groups (broad SMARTS) is 1. The smallest absolute Gasteiger partial charge is 0.309 e. The van der Waals surface area contributed by atoms with Crippen LogP contribution in [0.3, 0.4) is 0 Å². The van der Waals surface area contributed by atoms with E-state index in [1.54, 1.807) is 0 Å². The molecule has 0 radical (unpaired) electrons. The number of hydrogen-bond donors (Lipinski definition) is 1. The third-order valence-corrected chi connectivity index (χ3v) is 5.10. The Bertz CT molecular complexity index is 252. The fourth-order valence-corrected chi connectivity index (χ4v) is 3.45. The molecule has 2 heteroatoms. The first-order chi connectivity index (χ1) is 9.14. The molecular weight excluding hydrogens is 236 g/mol. The maximum Gasteiger partial charge on any atom is 0.309 e. The van der Waals surface area contributed by atoms with Gasteiger partial charge in [-0.15, -0.1) is 0 Å². The molecule has 0 aromatic heterocycles. The summed E-state index contributed by atoms with van der Waals surface area (Å²) in [6.45, 7) is 4.46. The molecule has 0 saturated heterocycles. The largest absolute Gasteiger partial charge is 0.481 e. The first-order valence-corrected chi connectivity index (χ1v) is 8.38. The van der Waals surface area contributed by atoms with Gasteiger partial charge in [-0.3, -0.25) is 4.79 Å². The lowest BCUT2D eigenvalue weighted by atomic mass is 9.67. The van der Waals surface area contributed by atoms with Crippen molar-refractivity contribution < 1.29 is 9.90 Å². The van der Waals surface area contributed by atoms with E-state index in [-0.39, 0.29) is 5.41 Å². The average molecular weight is 268 g/mol. The van der Waals surface area contributed by atoms with Crippen molar-refractivity contribution in [2.24, 2.45) is 11.3 Å². The van der Waals surface area contributed by atoms with Gasteiger partial charge in [-0.05, 0) is 38.0 Å². The fraction of sp³-hybridized carbons (Fsp3) is 0.941. The zero-order valence-corrected chi connectivity index (χ0v) is 12.9. The highest BCUT2D eigenvalue weighted by Crippen LogP contribution is 2.43. The van der Waals surface area contributed by atoms with E-state index in [0.717, 1.165) is 44.4 Å². The minimum Gasteiger partial charge on any atom is -0.481 e. The number of carbonyl (C=O) groups is 1. The summed E-state index contributed by atoms with van der Waals surface area (Å²) in [6, 6.07) is 0. The molecule has 0 heterocycles. The van der Waals surface area contributed by atoms with Gasteiger partial charge >= 0.3 is 5.97 Å². The predicted molar refractivity (Wildman–Crippen MR) is 80.3 cm³/mol. The first-order valence-electron chi connectivity index (χ1n) is 8.38. The lowest BCUT2D eigenvalue weighted by Crippen LogP contribution is -2.35. The molecule has 1 N–H and O–H groups in total. The Kier molecular flexibility index (Phi) is 7.48. The van der Waals surface area contributed by atoms with Crippen LogP contribution in [0.1, 0.15) is 90.9 Å². The van der Waals surface area contributed by atoms with Gasteiger partial charge in [0.15, 0.2) is 0 Å². The van der Waals surface area contributed by atoms with E-state index in [1.807, 2.05) is 0 Å². The molecule has 2 nitrogen and oxygen atoms in total. The van der Waals surface area contributed by atoms with E-state index in [2.05, 4.69) is 13.8 Å². The molecule has 112 valence electrons. The minimum absolute atomic E-state index is 0.379. The zero-order valence-electron chi connectivity index (χ0n) is 12.9. The van der Waals surface area contributed by atoms with E-state index in [9.17, 15) is 9.90 Å². The Labute approximate surface area is 119 Å². The second-order valence-electron chi connectivity index (χ2n) is 6.45. The van der Waals surface area contributed by atoms with Crippen molar-refractivity contribution in [1.82, 2.24) is 0 Å². The molecule has 19 heavy (non-hydrogen) atoms. The Morgan fingerprint density at radius 2 is 1.63 bits per heavy atom. The van der Waals surface area contributed by atoms with Gasteiger partial charge in [0.25, 0.3) is 0 Å². The molecule has 1 aliphatic carbocycles. The number of carboxylic acids is 1. The van der Waals surface area contributed by atoms with Crippen LogP contribution in [0.15, 0.2) is 0 Å². The normalized spacial score (nSPS) is 27.4. The molecule has 0 spiro atoms. The van der Waals surface area contributed by atoms with Crippen LogP contribution in [-0.4, -0.2) is 11.1 Å². The van der Waals surface area contributed by atoms with Crippen molar-refractivity contribution in [2.45, 2.75) is 90.9 Å². The molecule has 0 atom stereocenters. The lowest BCUT2D eigenvalue weighted by Gasteiger charge is -2.36. The fourth-order valence-electron chi connectivity index (χ4n) is 3.45. The van der Waals surface area contributed by atoms with Crippen LogP contribution in [-0.2, 0) is 4.79 Å². The SMILES string of the molecule is CCCCCCCCC1(C(=O)O)CCC(CC)CC1. The maximum absolute atomic E-state index is 11.6. The number of hydrogen-bond acceptors (Lipinski definition) is 1. The van der Waals surface area contributed by atoms with Gasteiger partial charge < -0.3 is 5.11 Å². The van der Waals surface area contributed by atoms with Gasteiger partial charge in [0, 0.05) is 0 Å². The Balaban J connectivity index is 2.31. The van der Waals surface area contributed by atoms with Crippen LogP contribution in [0.2, 0.25) is 0 Å². The summed E-state index contributed by atoms with van der Waals surface area (Å²) >= 11 is 0. The van der Waals surface area contributed by atoms with Crippen molar-refractivity contribution >= 4 is 5.97 Å². The molecule has 0 bridgehead atoms. The zero-order chi connectivity index (χ0) is 14.1. The first kappa shape index (κ1) is 16.5. The summed E-state index contributed by atoms with van der Waals surface area (Å²) in [5.74, 6) is 0.243. The molecule has 0 aromatic carbocycles. The van der Waals surface area contributed by atoms with Gasteiger partial charge in [0.05, 0.1) is 5.41 Å². The van der Waals surface area contributed by atoms with Crippen molar-refractivity contribution in [1.29, 1.82) is 0 Å². The molecular formula is C17H32O2. The van der Waals surface area contributed by atoms with E-state index >= 15 is 0 Å². The van der Waals surface area contributed by atoms with E-state index < -0.39 is 5.97 Å². The van der Waals surface area contributed by atoms with Gasteiger partial charge in [0.2, 0.25) is 0 Å². The maximum atomic E-state index is 11.6. The number of unbranched alkanes of at least 4 members (excludes halogenated alkanes) is 5. The summed E-state index contributed by atoms with van der Waals surface area (Å²) in [4.78, 5) is 11.6. The second kappa shape index (κ2) is 8.60. The van der Waals surface area contributed by atoms with Crippen molar-refractivity contribution in [3.05, 3.63) is 0 Å². The highest BCUT2D eigenvalue weighted by atomic mass is 16.4. The highest BCUT2D eigenvalue weighted by molar-refractivity contribution is 5.74. The van der Waals surface area contributed by atoms with Gasteiger partial charge in [0.1, 0.15) is 0 Å². The molecule has 1 saturated carbocycles. The van der Waals surface area contributed by atoms with Crippen molar-refractivity contribution in [3.8, 4) is 0 Å². The summed E-state index contributed by atoms with van der Waals surface area (Å²) in [6.07, 6.45) is 13.7. The number of rotatable bonds is 9. The standard InChI is InChI=1S/C17H32O2/c1-3-5-6-7-8-9-12-17(16(18)19)13-10-15(4-2)11-14-17/h15H,3-14H2,1-2H3,(H,18,19). The number of aliphatic carboxylic acids is 1. The van der Waals surface area contributed by atoms with Crippen molar-refractivity contribution in [3.63, 3.8) is 0 Å². The van der Waals surface area contributed by atoms with Gasteiger partial charge in [-0.1, -0.05) is 58.8 Å². The monoisotopic (exact) mass is 268 g/mol. The summed E-state index contributed by atoms with van der Waals surface area (Å²) in [7, 11) is 0. The van der Waals surface area contributed by atoms with E-state index in [1.165, 1.54) is 38.5 Å². The molecule has 0 aliphatic heterocycles. The quantitative estimate of drug-likeness (QED) is 0.568. The lowest BCUT2D eigenvalue weighted by molar-refractivity contribution is -0.152. The van der Waals surface area contributed by atoms with Gasteiger partial charge in [-0.25, -0.2) is 0 Å². The predicted octanol–water partition coefficient (Wildman–Crippen LogP) is 5.41. The van der Waals surface area contributed by atoms with Crippen LogP contribution >= 0.6 is 0 Å². The van der Waals surface area contributed by atoms with E-state index in [0.29, 0.717) is 0 Å². The topological polar surface area (TPSA) is 37.3 Å². The van der Waals surface area contributed by atoms with Crippen LogP contribution < -0.4 is 0 Å². The van der Waals surface area contributed by atoms with Crippen LogP contribution in [0.25, 0.3) is 0 Å². The molecule has 1 aliphatic rings. The third kappa shape index (κ3) is 5.16. The molecule has 0 aromatic rings. The van der Waals surface area contributed by atoms with Crippen LogP contribution in [0, 0.1) is 11.3 Å². The molecule has 0 amide bonds. The van der Waals surface area contributed by atoms with Crippen LogP contribution in [0.5, 0.6) is 0 Å². The van der Waals surface area contributed by atoms with Crippen molar-refractivity contribution in [2.75, 3.05) is 0 Å². The minimum atomic E-state index is -0.532. The third-order valence-electron chi connectivity index (χ3n) is 5.10. The molecule has 1 fully saturated rings. The summed E-state index contributed by atoms with van der Waals surface area (Å²) in [5.41, 5.74) is -0.379. The molecule has 0 unspecified atom stereocenters. The summed E-state index contributed by atoms with van der Waals surface area (Å²) in [5, 5.41) is 9.59. The highest BCUT2D eigenvalue weighted by Gasteiger charge is 2.40. The Morgan fingerprint density at radius 1 is 1.05 bits per heavy atom. The second-order valence-corrected chi connectivity index (χ2v) is 6.45. The average Bonchev–Trinajstić information content (AvgIpc) is 2.43. The Morgan fingerprint density at radius 3 is 2.16 bits per heavy atom. The Hall–Kier alpha value is -0.530. The van der Waals surface area contributed by atoms with E-state index in [4.69, 9.17) is 0 Å². The molecule has 1 rings (SSSR count). The van der Waals surface area contributed by atoms with Crippen LogP contribution in [0.4, 0.5) is 0 Å². The summed E-state index contributed by atoms with van der Waals surface area (Å²) < 4.78 is 0. The van der Waals surface area contributed by atoms with Gasteiger partial charge in [-0.2, -0.15) is 0 Å².